The maximum absolute atomic E-state index is 15.3. The predicted molar refractivity (Wildman–Crippen MR) is 153 cm³/mol. The molecule has 0 bridgehead atoms. The zero-order valence-corrected chi connectivity index (χ0v) is 24.6. The molecule has 3 amide bonds. The third kappa shape index (κ3) is 9.96. The highest BCUT2D eigenvalue weighted by Crippen LogP contribution is 2.29. The van der Waals surface area contributed by atoms with Crippen LogP contribution in [0.25, 0.3) is 11.1 Å². The van der Waals surface area contributed by atoms with Gasteiger partial charge in [0.05, 0.1) is 4.90 Å². The molecule has 2 aromatic rings. The van der Waals surface area contributed by atoms with Gasteiger partial charge < -0.3 is 10.2 Å². The monoisotopic (exact) mass is 579 g/mol. The Morgan fingerprint density at radius 3 is 2.36 bits per heavy atom. The van der Waals surface area contributed by atoms with Crippen molar-refractivity contribution >= 4 is 40.4 Å². The maximum atomic E-state index is 15.3. The predicted octanol–water partition coefficient (Wildman–Crippen LogP) is 4.30. The van der Waals surface area contributed by atoms with Crippen LogP contribution in [-0.2, 0) is 31.0 Å². The van der Waals surface area contributed by atoms with Gasteiger partial charge in [-0.05, 0) is 36.5 Å². The highest BCUT2D eigenvalue weighted by atomic mass is 32.2. The summed E-state index contributed by atoms with van der Waals surface area (Å²) in [5.41, 5.74) is 0.765. The lowest BCUT2D eigenvalue weighted by atomic mass is 10.0. The normalized spacial score (nSPS) is 12.2. The summed E-state index contributed by atoms with van der Waals surface area (Å²) < 4.78 is 42.5. The van der Waals surface area contributed by atoms with Crippen molar-refractivity contribution in [1.82, 2.24) is 14.9 Å². The van der Waals surface area contributed by atoms with Crippen LogP contribution in [0.1, 0.15) is 58.9 Å². The number of nitrogens with zero attached hydrogens (tertiary/aromatic N) is 1. The maximum Gasteiger partial charge on any atom is 0.264 e. The van der Waals surface area contributed by atoms with Crippen LogP contribution in [0.3, 0.4) is 0 Å². The van der Waals surface area contributed by atoms with Gasteiger partial charge in [0.15, 0.2) is 0 Å². The number of benzene rings is 2. The van der Waals surface area contributed by atoms with E-state index in [2.05, 4.69) is 31.8 Å². The van der Waals surface area contributed by atoms with E-state index in [1.807, 2.05) is 11.6 Å². The number of nitrogens with one attached hydrogen (secondary N) is 2. The first-order valence-electron chi connectivity index (χ1n) is 13.0. The minimum atomic E-state index is -4.15. The third-order valence-electron chi connectivity index (χ3n) is 5.95. The van der Waals surface area contributed by atoms with Crippen LogP contribution in [0.5, 0.6) is 0 Å². The van der Waals surface area contributed by atoms with E-state index in [4.69, 9.17) is 0 Å². The van der Waals surface area contributed by atoms with Gasteiger partial charge in [-0.1, -0.05) is 51.1 Å². The van der Waals surface area contributed by atoms with Crippen molar-refractivity contribution in [2.45, 2.75) is 70.9 Å². The van der Waals surface area contributed by atoms with Gasteiger partial charge in [-0.2, -0.15) is 12.6 Å². The van der Waals surface area contributed by atoms with E-state index >= 15 is 4.39 Å². The quantitative estimate of drug-likeness (QED) is 0.289. The first-order valence-corrected chi connectivity index (χ1v) is 15.1. The van der Waals surface area contributed by atoms with Crippen molar-refractivity contribution in [3.05, 3.63) is 53.8 Å². The molecular formula is C28H38FN3O5S2. The number of hydrogen-bond donors (Lipinski definition) is 3. The number of hydrogen-bond acceptors (Lipinski definition) is 6. The van der Waals surface area contributed by atoms with Crippen LogP contribution in [-0.4, -0.2) is 49.4 Å². The molecule has 0 aromatic heterocycles. The van der Waals surface area contributed by atoms with Gasteiger partial charge in [-0.25, -0.2) is 17.5 Å². The van der Waals surface area contributed by atoms with E-state index in [-0.39, 0.29) is 59.8 Å². The number of carbonyl (C=O) groups excluding carboxylic acids is 3. The average molecular weight is 580 g/mol. The van der Waals surface area contributed by atoms with E-state index in [1.54, 1.807) is 12.1 Å². The summed E-state index contributed by atoms with van der Waals surface area (Å²) in [6.45, 7) is 7.18. The van der Waals surface area contributed by atoms with Gasteiger partial charge in [-0.3, -0.25) is 14.4 Å². The summed E-state index contributed by atoms with van der Waals surface area (Å²) in [6.07, 6.45) is 1.74. The Labute approximate surface area is 236 Å². The molecular weight excluding hydrogens is 541 g/mol. The molecule has 0 saturated heterocycles. The lowest BCUT2D eigenvalue weighted by Gasteiger charge is -2.24. The van der Waals surface area contributed by atoms with Gasteiger partial charge in [0.2, 0.25) is 17.7 Å². The number of rotatable bonds is 14. The summed E-state index contributed by atoms with van der Waals surface area (Å²) in [6, 6.07) is 10.2. The minimum Gasteiger partial charge on any atom is -0.352 e. The van der Waals surface area contributed by atoms with Crippen molar-refractivity contribution in [1.29, 1.82) is 0 Å². The smallest absolute Gasteiger partial charge is 0.264 e. The molecule has 0 saturated carbocycles. The van der Waals surface area contributed by atoms with Crippen LogP contribution in [0, 0.1) is 11.7 Å². The van der Waals surface area contributed by atoms with Crippen LogP contribution < -0.4 is 10.0 Å². The van der Waals surface area contributed by atoms with Crippen molar-refractivity contribution in [2.75, 3.05) is 12.3 Å². The number of halogens is 1. The van der Waals surface area contributed by atoms with Gasteiger partial charge in [0, 0.05) is 55.8 Å². The number of carbonyl (C=O) groups is 3. The van der Waals surface area contributed by atoms with Crippen molar-refractivity contribution in [3.63, 3.8) is 0 Å². The zero-order chi connectivity index (χ0) is 29.2. The van der Waals surface area contributed by atoms with Gasteiger partial charge >= 0.3 is 0 Å². The molecule has 0 heterocycles. The average Bonchev–Trinajstić information content (AvgIpc) is 2.86. The van der Waals surface area contributed by atoms with Crippen LogP contribution in [0.4, 0.5) is 4.39 Å². The fourth-order valence-corrected chi connectivity index (χ4v) is 5.64. The lowest BCUT2D eigenvalue weighted by molar-refractivity contribution is -0.132. The molecule has 11 heteroatoms. The van der Waals surface area contributed by atoms with Crippen LogP contribution in [0.15, 0.2) is 47.4 Å². The molecule has 39 heavy (non-hydrogen) atoms. The first kappa shape index (κ1) is 32.3. The van der Waals surface area contributed by atoms with E-state index in [9.17, 15) is 22.8 Å². The molecule has 8 nitrogen and oxygen atoms in total. The van der Waals surface area contributed by atoms with Gasteiger partial charge in [-0.15, -0.1) is 0 Å². The Morgan fingerprint density at radius 1 is 1.08 bits per heavy atom. The summed E-state index contributed by atoms with van der Waals surface area (Å²) in [7, 11) is -4.15. The largest absolute Gasteiger partial charge is 0.352 e. The highest BCUT2D eigenvalue weighted by molar-refractivity contribution is 7.90. The fraction of sp³-hybridized carbons (Fsp3) is 0.464. The summed E-state index contributed by atoms with van der Waals surface area (Å²) >= 11 is 4.31. The van der Waals surface area contributed by atoms with E-state index < -0.39 is 21.7 Å². The SMILES string of the molecule is CCCC(=O)N(CCC(=O)NC(CS)CC(C)C)Cc1ccc(-c2ccccc2S(=O)(=O)NC(C)=O)cc1F. The fourth-order valence-electron chi connectivity index (χ4n) is 4.18. The van der Waals surface area contributed by atoms with Crippen molar-refractivity contribution < 1.29 is 27.2 Å². The van der Waals surface area contributed by atoms with Crippen LogP contribution >= 0.6 is 12.6 Å². The molecule has 0 aliphatic heterocycles. The zero-order valence-electron chi connectivity index (χ0n) is 22.9. The molecule has 2 rings (SSSR count). The minimum absolute atomic E-state index is 0.0357. The van der Waals surface area contributed by atoms with E-state index in [0.717, 1.165) is 13.3 Å². The first-order chi connectivity index (χ1) is 18.4. The van der Waals surface area contributed by atoms with E-state index in [0.29, 0.717) is 23.7 Å². The molecule has 2 N–H and O–H groups in total. The number of amides is 3. The van der Waals surface area contributed by atoms with Gasteiger partial charge in [0.25, 0.3) is 10.0 Å². The standard InChI is InChI=1S/C28H38FN3O5S2/c1-5-8-28(35)32(14-13-27(34)30-23(18-38)15-19(2)3)17-22-12-11-21(16-25(22)29)24-9-6-7-10-26(24)39(36,37)31-20(4)33/h6-7,9-12,16,19,23,38H,5,8,13-15,17-18H2,1-4H3,(H,30,34)(H,31,33). The second-order valence-corrected chi connectivity index (χ2v) is 11.9. The van der Waals surface area contributed by atoms with Gasteiger partial charge in [0.1, 0.15) is 5.82 Å². The molecule has 0 aliphatic rings. The summed E-state index contributed by atoms with van der Waals surface area (Å²) in [4.78, 5) is 38.0. The molecule has 0 radical (unpaired) electrons. The van der Waals surface area contributed by atoms with Crippen molar-refractivity contribution in [2.24, 2.45) is 5.92 Å². The molecule has 0 aliphatic carbocycles. The summed E-state index contributed by atoms with van der Waals surface area (Å²) in [5, 5.41) is 2.95. The molecule has 1 unspecified atom stereocenters. The van der Waals surface area contributed by atoms with Crippen LogP contribution in [0.2, 0.25) is 0 Å². The molecule has 214 valence electrons. The lowest BCUT2D eigenvalue weighted by Crippen LogP contribution is -2.40. The second-order valence-electron chi connectivity index (χ2n) is 9.86. The molecule has 0 spiro atoms. The highest BCUT2D eigenvalue weighted by Gasteiger charge is 2.22. The van der Waals surface area contributed by atoms with Crippen molar-refractivity contribution in [3.8, 4) is 11.1 Å². The Kier molecular flexibility index (Phi) is 12.4. The number of thiol groups is 1. The second kappa shape index (κ2) is 15.0. The molecule has 2 aromatic carbocycles. The Balaban J connectivity index is 2.24. The third-order valence-corrected chi connectivity index (χ3v) is 7.88. The Morgan fingerprint density at radius 2 is 1.77 bits per heavy atom. The Bertz CT molecular complexity index is 1270. The Hall–Kier alpha value is -2.92. The summed E-state index contributed by atoms with van der Waals surface area (Å²) in [5.74, 6) is -0.837. The topological polar surface area (TPSA) is 113 Å². The van der Waals surface area contributed by atoms with E-state index in [1.165, 1.54) is 35.2 Å². The molecule has 1 atom stereocenters. The number of sulfonamides is 1. The molecule has 0 fully saturated rings.